The third-order valence-electron chi connectivity index (χ3n) is 4.58. The van der Waals surface area contributed by atoms with Crippen LogP contribution >= 0.6 is 0 Å². The van der Waals surface area contributed by atoms with E-state index in [2.05, 4.69) is 13.8 Å². The van der Waals surface area contributed by atoms with E-state index in [0.29, 0.717) is 11.8 Å². The maximum atomic E-state index is 13.0. The molecule has 2 heteroatoms. The van der Waals surface area contributed by atoms with Crippen LogP contribution < -0.4 is 5.73 Å². The van der Waals surface area contributed by atoms with Gasteiger partial charge in [-0.05, 0) is 67.2 Å². The highest BCUT2D eigenvalue weighted by Gasteiger charge is 2.31. The van der Waals surface area contributed by atoms with Gasteiger partial charge in [0, 0.05) is 0 Å². The van der Waals surface area contributed by atoms with Gasteiger partial charge >= 0.3 is 0 Å². The average molecular weight is 249 g/mol. The Morgan fingerprint density at radius 1 is 1.22 bits per heavy atom. The van der Waals surface area contributed by atoms with Gasteiger partial charge in [-0.1, -0.05) is 26.0 Å². The smallest absolute Gasteiger partial charge is 0.123 e. The normalized spacial score (nSPS) is 28.6. The quantitative estimate of drug-likeness (QED) is 0.862. The number of hydrogen-bond acceptors (Lipinski definition) is 1. The van der Waals surface area contributed by atoms with Gasteiger partial charge in [-0.2, -0.15) is 0 Å². The zero-order valence-electron chi connectivity index (χ0n) is 11.4. The number of rotatable bonds is 3. The molecular weight excluding hydrogens is 225 g/mol. The molecule has 1 aliphatic rings. The molecule has 1 nitrogen and oxygen atoms in total. The van der Waals surface area contributed by atoms with E-state index >= 15 is 0 Å². The van der Waals surface area contributed by atoms with Crippen molar-refractivity contribution in [2.75, 3.05) is 6.54 Å². The maximum absolute atomic E-state index is 13.0. The SMILES string of the molecule is CC(C)C1CCC(CN)C(c2ccc(F)cc2)C1. The summed E-state index contributed by atoms with van der Waals surface area (Å²) >= 11 is 0. The van der Waals surface area contributed by atoms with Gasteiger partial charge < -0.3 is 5.73 Å². The molecule has 1 aliphatic carbocycles. The molecule has 0 radical (unpaired) electrons. The minimum Gasteiger partial charge on any atom is -0.330 e. The number of benzene rings is 1. The van der Waals surface area contributed by atoms with Crippen LogP contribution in [-0.2, 0) is 0 Å². The molecule has 1 aromatic carbocycles. The van der Waals surface area contributed by atoms with Crippen molar-refractivity contribution in [2.45, 2.75) is 39.0 Å². The van der Waals surface area contributed by atoms with Crippen molar-refractivity contribution in [1.82, 2.24) is 0 Å². The minimum absolute atomic E-state index is 0.153. The predicted octanol–water partition coefficient (Wildman–Crippen LogP) is 3.94. The van der Waals surface area contributed by atoms with Crippen LogP contribution in [0, 0.1) is 23.6 Å². The van der Waals surface area contributed by atoms with E-state index in [-0.39, 0.29) is 5.82 Å². The second-order valence-corrected chi connectivity index (χ2v) is 5.97. The van der Waals surface area contributed by atoms with Crippen molar-refractivity contribution >= 4 is 0 Å². The minimum atomic E-state index is -0.153. The van der Waals surface area contributed by atoms with Crippen LogP contribution in [0.15, 0.2) is 24.3 Å². The lowest BCUT2D eigenvalue weighted by Gasteiger charge is -2.37. The molecule has 1 aromatic rings. The Labute approximate surface area is 110 Å². The molecular formula is C16H24FN. The zero-order valence-corrected chi connectivity index (χ0v) is 11.4. The van der Waals surface area contributed by atoms with Gasteiger partial charge in [-0.3, -0.25) is 0 Å². The van der Waals surface area contributed by atoms with Crippen molar-refractivity contribution < 1.29 is 4.39 Å². The zero-order chi connectivity index (χ0) is 13.1. The van der Waals surface area contributed by atoms with Gasteiger partial charge in [0.15, 0.2) is 0 Å². The van der Waals surface area contributed by atoms with Crippen LogP contribution in [0.2, 0.25) is 0 Å². The first kappa shape index (κ1) is 13.5. The first-order valence-electron chi connectivity index (χ1n) is 7.07. The van der Waals surface area contributed by atoms with Crippen LogP contribution in [0.4, 0.5) is 4.39 Å². The predicted molar refractivity (Wildman–Crippen MR) is 73.9 cm³/mol. The van der Waals surface area contributed by atoms with Crippen molar-refractivity contribution in [2.24, 2.45) is 23.5 Å². The van der Waals surface area contributed by atoms with E-state index in [0.717, 1.165) is 18.4 Å². The summed E-state index contributed by atoms with van der Waals surface area (Å²) in [6, 6.07) is 7.01. The lowest BCUT2D eigenvalue weighted by atomic mass is 9.68. The Kier molecular flexibility index (Phi) is 4.39. The summed E-state index contributed by atoms with van der Waals surface area (Å²) < 4.78 is 13.0. The molecule has 2 rings (SSSR count). The summed E-state index contributed by atoms with van der Waals surface area (Å²) in [5.41, 5.74) is 7.17. The molecule has 0 heterocycles. The molecule has 100 valence electrons. The first-order valence-corrected chi connectivity index (χ1v) is 7.07. The van der Waals surface area contributed by atoms with Crippen LogP contribution in [-0.4, -0.2) is 6.54 Å². The van der Waals surface area contributed by atoms with Gasteiger partial charge in [0.25, 0.3) is 0 Å². The summed E-state index contributed by atoms with van der Waals surface area (Å²) in [6.07, 6.45) is 3.70. The summed E-state index contributed by atoms with van der Waals surface area (Å²) in [5, 5.41) is 0. The molecule has 0 aromatic heterocycles. The molecule has 2 N–H and O–H groups in total. The first-order chi connectivity index (χ1) is 8.61. The molecule has 0 bridgehead atoms. The largest absolute Gasteiger partial charge is 0.330 e. The summed E-state index contributed by atoms with van der Waals surface area (Å²) in [6.45, 7) is 5.34. The fourth-order valence-corrected chi connectivity index (χ4v) is 3.27. The van der Waals surface area contributed by atoms with Gasteiger partial charge in [-0.25, -0.2) is 4.39 Å². The Hall–Kier alpha value is -0.890. The van der Waals surface area contributed by atoms with Crippen LogP contribution in [0.5, 0.6) is 0 Å². The highest BCUT2D eigenvalue weighted by molar-refractivity contribution is 5.22. The lowest BCUT2D eigenvalue weighted by molar-refractivity contribution is 0.197. The number of hydrogen-bond donors (Lipinski definition) is 1. The summed E-state index contributed by atoms with van der Waals surface area (Å²) in [4.78, 5) is 0. The van der Waals surface area contributed by atoms with E-state index in [1.54, 1.807) is 12.1 Å². The van der Waals surface area contributed by atoms with Crippen LogP contribution in [0.25, 0.3) is 0 Å². The Balaban J connectivity index is 2.18. The Bertz CT molecular complexity index is 371. The van der Waals surface area contributed by atoms with Gasteiger partial charge in [0.05, 0.1) is 0 Å². The van der Waals surface area contributed by atoms with E-state index in [9.17, 15) is 4.39 Å². The maximum Gasteiger partial charge on any atom is 0.123 e. The van der Waals surface area contributed by atoms with Gasteiger partial charge in [-0.15, -0.1) is 0 Å². The number of halogens is 1. The molecule has 3 unspecified atom stereocenters. The van der Waals surface area contributed by atoms with E-state index in [1.807, 2.05) is 12.1 Å². The molecule has 0 saturated heterocycles. The van der Waals surface area contributed by atoms with Crippen LogP contribution in [0.3, 0.4) is 0 Å². The lowest BCUT2D eigenvalue weighted by Crippen LogP contribution is -2.30. The van der Waals surface area contributed by atoms with Crippen molar-refractivity contribution in [3.05, 3.63) is 35.6 Å². The van der Waals surface area contributed by atoms with Gasteiger partial charge in [0.2, 0.25) is 0 Å². The molecule has 1 saturated carbocycles. The van der Waals surface area contributed by atoms with Crippen LogP contribution in [0.1, 0.15) is 44.6 Å². The number of nitrogens with two attached hydrogens (primary N) is 1. The molecule has 0 aliphatic heterocycles. The van der Waals surface area contributed by atoms with Crippen molar-refractivity contribution in [1.29, 1.82) is 0 Å². The molecule has 1 fully saturated rings. The van der Waals surface area contributed by atoms with Gasteiger partial charge in [0.1, 0.15) is 5.82 Å². The monoisotopic (exact) mass is 249 g/mol. The van der Waals surface area contributed by atoms with E-state index in [4.69, 9.17) is 5.73 Å². The van der Waals surface area contributed by atoms with Crippen molar-refractivity contribution in [3.63, 3.8) is 0 Å². The molecule has 0 spiro atoms. The molecule has 18 heavy (non-hydrogen) atoms. The third kappa shape index (κ3) is 2.92. The summed E-state index contributed by atoms with van der Waals surface area (Å²) in [7, 11) is 0. The standard InChI is InChI=1S/C16H24FN/c1-11(2)13-3-4-14(10-18)16(9-13)12-5-7-15(17)8-6-12/h5-8,11,13-14,16H,3-4,9-10,18H2,1-2H3. The van der Waals surface area contributed by atoms with E-state index < -0.39 is 0 Å². The fraction of sp³-hybridized carbons (Fsp3) is 0.625. The second kappa shape index (κ2) is 5.83. The van der Waals surface area contributed by atoms with E-state index in [1.165, 1.54) is 24.8 Å². The molecule has 3 atom stereocenters. The summed E-state index contributed by atoms with van der Waals surface area (Å²) in [5.74, 6) is 2.43. The Morgan fingerprint density at radius 3 is 2.44 bits per heavy atom. The fourth-order valence-electron chi connectivity index (χ4n) is 3.27. The third-order valence-corrected chi connectivity index (χ3v) is 4.58. The topological polar surface area (TPSA) is 26.0 Å². The highest BCUT2D eigenvalue weighted by Crippen LogP contribution is 2.42. The highest BCUT2D eigenvalue weighted by atomic mass is 19.1. The van der Waals surface area contributed by atoms with Crippen molar-refractivity contribution in [3.8, 4) is 0 Å². The second-order valence-electron chi connectivity index (χ2n) is 5.97. The molecule has 0 amide bonds. The average Bonchev–Trinajstić information content (AvgIpc) is 2.39. The Morgan fingerprint density at radius 2 is 1.89 bits per heavy atom.